The summed E-state index contributed by atoms with van der Waals surface area (Å²) in [6, 6.07) is 18.8. The molecule has 0 bridgehead atoms. The first-order valence-electron chi connectivity index (χ1n) is 11.7. The van der Waals surface area contributed by atoms with Crippen molar-refractivity contribution >= 4 is 17.4 Å². The lowest BCUT2D eigenvalue weighted by molar-refractivity contribution is -0.139. The van der Waals surface area contributed by atoms with Gasteiger partial charge in [-0.05, 0) is 53.9 Å². The Bertz CT molecular complexity index is 1290. The molecule has 1 unspecified atom stereocenters. The molecule has 1 amide bonds. The van der Waals surface area contributed by atoms with Gasteiger partial charge in [-0.25, -0.2) is 0 Å². The third-order valence-electron chi connectivity index (χ3n) is 6.39. The normalized spacial score (nSPS) is 16.5. The second-order valence-electron chi connectivity index (χ2n) is 8.42. The number of benzene rings is 3. The summed E-state index contributed by atoms with van der Waals surface area (Å²) in [4.78, 5) is 28.1. The van der Waals surface area contributed by atoms with Gasteiger partial charge in [0.1, 0.15) is 11.5 Å². The van der Waals surface area contributed by atoms with Crippen LogP contribution in [0.3, 0.4) is 0 Å². The highest BCUT2D eigenvalue weighted by atomic mass is 16.5. The van der Waals surface area contributed by atoms with E-state index in [1.165, 1.54) is 33.3 Å². The molecule has 1 aliphatic heterocycles. The highest BCUT2D eigenvalue weighted by molar-refractivity contribution is 6.46. The Kier molecular flexibility index (Phi) is 7.67. The number of rotatable bonds is 9. The first kappa shape index (κ1) is 25.6. The van der Waals surface area contributed by atoms with E-state index in [0.29, 0.717) is 40.5 Å². The minimum Gasteiger partial charge on any atom is -0.507 e. The second-order valence-corrected chi connectivity index (χ2v) is 8.42. The Labute approximate surface area is 215 Å². The smallest absolute Gasteiger partial charge is 0.295 e. The molecule has 0 spiro atoms. The van der Waals surface area contributed by atoms with Gasteiger partial charge in [-0.1, -0.05) is 30.3 Å². The van der Waals surface area contributed by atoms with Crippen molar-refractivity contribution in [1.82, 2.24) is 4.90 Å². The van der Waals surface area contributed by atoms with Crippen molar-refractivity contribution in [3.63, 3.8) is 0 Å². The van der Waals surface area contributed by atoms with Gasteiger partial charge < -0.3 is 29.0 Å². The van der Waals surface area contributed by atoms with E-state index >= 15 is 0 Å². The van der Waals surface area contributed by atoms with Gasteiger partial charge >= 0.3 is 0 Å². The van der Waals surface area contributed by atoms with Crippen LogP contribution in [0.25, 0.3) is 5.76 Å². The van der Waals surface area contributed by atoms with Crippen molar-refractivity contribution in [1.29, 1.82) is 0 Å². The molecule has 0 aromatic heterocycles. The van der Waals surface area contributed by atoms with Crippen LogP contribution < -0.4 is 18.9 Å². The van der Waals surface area contributed by atoms with Gasteiger partial charge in [-0.15, -0.1) is 0 Å². The predicted octanol–water partition coefficient (Wildman–Crippen LogP) is 4.39. The maximum atomic E-state index is 13.4. The van der Waals surface area contributed by atoms with E-state index in [-0.39, 0.29) is 17.9 Å². The lowest BCUT2D eigenvalue weighted by Crippen LogP contribution is -2.31. The number of nitrogens with zero attached hydrogens (tertiary/aromatic N) is 1. The third-order valence-corrected chi connectivity index (χ3v) is 6.39. The largest absolute Gasteiger partial charge is 0.507 e. The van der Waals surface area contributed by atoms with Gasteiger partial charge in [0.25, 0.3) is 11.7 Å². The summed E-state index contributed by atoms with van der Waals surface area (Å²) < 4.78 is 21.7. The summed E-state index contributed by atoms with van der Waals surface area (Å²) in [5, 5.41) is 11.3. The van der Waals surface area contributed by atoms with E-state index in [1.807, 2.05) is 30.3 Å². The Balaban J connectivity index is 1.87. The molecule has 8 heteroatoms. The summed E-state index contributed by atoms with van der Waals surface area (Å²) in [5.74, 6) is -0.0112. The average Bonchev–Trinajstić information content (AvgIpc) is 3.20. The number of likely N-dealkylation sites (tertiary alicyclic amines) is 1. The maximum Gasteiger partial charge on any atom is 0.295 e. The van der Waals surface area contributed by atoms with Gasteiger partial charge in [0.15, 0.2) is 11.5 Å². The summed E-state index contributed by atoms with van der Waals surface area (Å²) in [7, 11) is 6.02. The SMILES string of the molecule is COc1ccc(/C(O)=C2\C(=O)C(=O)N(CCc3ccccc3)C2c2cc(OC)c(OC)c(OC)c2)cc1. The van der Waals surface area contributed by atoms with Gasteiger partial charge in [-0.3, -0.25) is 9.59 Å². The molecule has 1 atom stereocenters. The molecule has 1 fully saturated rings. The number of aliphatic hydroxyl groups excluding tert-OH is 1. The molecular formula is C29H29NO7. The molecule has 1 heterocycles. The zero-order chi connectivity index (χ0) is 26.5. The fourth-order valence-electron chi connectivity index (χ4n) is 4.52. The van der Waals surface area contributed by atoms with Crippen LogP contribution in [0, 0.1) is 0 Å². The molecule has 3 aromatic carbocycles. The molecule has 192 valence electrons. The average molecular weight is 504 g/mol. The fourth-order valence-corrected chi connectivity index (χ4v) is 4.52. The number of hydrogen-bond acceptors (Lipinski definition) is 7. The number of carbonyl (C=O) groups excluding carboxylic acids is 2. The summed E-state index contributed by atoms with van der Waals surface area (Å²) in [6.45, 7) is 0.259. The highest BCUT2D eigenvalue weighted by Gasteiger charge is 2.46. The summed E-state index contributed by atoms with van der Waals surface area (Å²) >= 11 is 0. The fraction of sp³-hybridized carbons (Fsp3) is 0.241. The van der Waals surface area contributed by atoms with Crippen LogP contribution in [-0.2, 0) is 16.0 Å². The van der Waals surface area contributed by atoms with E-state index in [4.69, 9.17) is 18.9 Å². The maximum absolute atomic E-state index is 13.4. The lowest BCUT2D eigenvalue weighted by atomic mass is 9.94. The molecule has 4 rings (SSSR count). The zero-order valence-corrected chi connectivity index (χ0v) is 21.2. The molecule has 8 nitrogen and oxygen atoms in total. The molecule has 1 aliphatic rings. The second kappa shape index (κ2) is 11.1. The predicted molar refractivity (Wildman–Crippen MR) is 138 cm³/mol. The highest BCUT2D eigenvalue weighted by Crippen LogP contribution is 2.45. The quantitative estimate of drug-likeness (QED) is 0.263. The number of carbonyl (C=O) groups is 2. The number of methoxy groups -OCH3 is 4. The number of ether oxygens (including phenoxy) is 4. The van der Waals surface area contributed by atoms with Crippen molar-refractivity contribution in [2.45, 2.75) is 12.5 Å². The van der Waals surface area contributed by atoms with Crippen molar-refractivity contribution in [3.8, 4) is 23.0 Å². The Morgan fingerprint density at radius 2 is 1.46 bits per heavy atom. The standard InChI is InChI=1S/C29H29NO7/c1-34-21-12-10-19(11-13-21)26(31)24-25(20-16-22(35-2)28(37-4)23(17-20)36-3)30(29(33)27(24)32)15-14-18-8-6-5-7-9-18/h5-13,16-17,25,31H,14-15H2,1-4H3/b26-24+. The topological polar surface area (TPSA) is 94.5 Å². The minimum atomic E-state index is -0.875. The van der Waals surface area contributed by atoms with Crippen LogP contribution in [-0.4, -0.2) is 56.7 Å². The third kappa shape index (κ3) is 4.95. The molecule has 3 aromatic rings. The molecule has 1 saturated heterocycles. The monoisotopic (exact) mass is 503 g/mol. The van der Waals surface area contributed by atoms with Crippen molar-refractivity contribution in [2.75, 3.05) is 35.0 Å². The van der Waals surface area contributed by atoms with Gasteiger partial charge in [0.2, 0.25) is 5.75 Å². The number of Topliss-reactive ketones (excluding diaryl/α,β-unsaturated/α-hetero) is 1. The van der Waals surface area contributed by atoms with Crippen LogP contribution >= 0.6 is 0 Å². The van der Waals surface area contributed by atoms with E-state index in [0.717, 1.165) is 5.56 Å². The Morgan fingerprint density at radius 3 is 2.00 bits per heavy atom. The minimum absolute atomic E-state index is 0.0162. The van der Waals surface area contributed by atoms with E-state index in [9.17, 15) is 14.7 Å². The van der Waals surface area contributed by atoms with Crippen LogP contribution in [0.5, 0.6) is 23.0 Å². The van der Waals surface area contributed by atoms with Crippen LogP contribution in [0.4, 0.5) is 0 Å². The van der Waals surface area contributed by atoms with Crippen molar-refractivity contribution < 1.29 is 33.6 Å². The van der Waals surface area contributed by atoms with Gasteiger partial charge in [-0.2, -0.15) is 0 Å². The molecule has 1 N–H and O–H groups in total. The Morgan fingerprint density at radius 1 is 0.838 bits per heavy atom. The number of amides is 1. The van der Waals surface area contributed by atoms with Crippen molar-refractivity contribution in [3.05, 3.63) is 89.0 Å². The first-order valence-corrected chi connectivity index (χ1v) is 11.7. The number of hydrogen-bond donors (Lipinski definition) is 1. The summed E-state index contributed by atoms with van der Waals surface area (Å²) in [6.07, 6.45) is 0.525. The van der Waals surface area contributed by atoms with E-state index in [1.54, 1.807) is 36.4 Å². The van der Waals surface area contributed by atoms with Crippen molar-refractivity contribution in [2.24, 2.45) is 0 Å². The Hall–Kier alpha value is -4.46. The first-order chi connectivity index (χ1) is 17.9. The number of aliphatic hydroxyl groups is 1. The van der Waals surface area contributed by atoms with Crippen LogP contribution in [0.15, 0.2) is 72.3 Å². The lowest BCUT2D eigenvalue weighted by Gasteiger charge is -2.26. The van der Waals surface area contributed by atoms with E-state index in [2.05, 4.69) is 0 Å². The van der Waals surface area contributed by atoms with E-state index < -0.39 is 17.7 Å². The van der Waals surface area contributed by atoms with Gasteiger partial charge in [0, 0.05) is 12.1 Å². The number of ketones is 1. The molecule has 0 aliphatic carbocycles. The van der Waals surface area contributed by atoms with Crippen LogP contribution in [0.1, 0.15) is 22.7 Å². The molecule has 0 radical (unpaired) electrons. The van der Waals surface area contributed by atoms with Crippen LogP contribution in [0.2, 0.25) is 0 Å². The summed E-state index contributed by atoms with van der Waals surface area (Å²) in [5.41, 5.74) is 1.93. The molecule has 0 saturated carbocycles. The molecular weight excluding hydrogens is 474 g/mol. The van der Waals surface area contributed by atoms with Gasteiger partial charge in [0.05, 0.1) is 40.1 Å². The molecule has 37 heavy (non-hydrogen) atoms. The zero-order valence-electron chi connectivity index (χ0n) is 21.2.